The molecule has 1 N–H and O–H groups in total. The molecule has 0 saturated carbocycles. The van der Waals surface area contributed by atoms with Crippen LogP contribution in [0.1, 0.15) is 39.0 Å². The Morgan fingerprint density at radius 2 is 2.00 bits per heavy atom. The van der Waals surface area contributed by atoms with Crippen LogP contribution in [0.4, 0.5) is 0 Å². The van der Waals surface area contributed by atoms with E-state index >= 15 is 0 Å². The van der Waals surface area contributed by atoms with Gasteiger partial charge < -0.3 is 15.0 Å². The molecule has 4 nitrogen and oxygen atoms in total. The molecule has 0 aliphatic carbocycles. The number of hydrogen-bond acceptors (Lipinski definition) is 4. The van der Waals surface area contributed by atoms with Crippen molar-refractivity contribution in [1.82, 2.24) is 10.2 Å². The van der Waals surface area contributed by atoms with E-state index in [-0.39, 0.29) is 5.78 Å². The van der Waals surface area contributed by atoms with Gasteiger partial charge >= 0.3 is 0 Å². The van der Waals surface area contributed by atoms with Crippen LogP contribution in [0.3, 0.4) is 0 Å². The van der Waals surface area contributed by atoms with Crippen molar-refractivity contribution >= 4 is 5.78 Å². The average molecular weight is 280 g/mol. The normalized spacial score (nSPS) is 15.7. The standard InChI is InChI=1S/C16H28N2O2/c1-2-7-16(19)8-9-17-10-15-20-14-6-13-18-11-4-3-5-12-18/h17H,3-6,8-15H2,1H3. The number of nitrogens with zero attached hydrogens (tertiary/aromatic N) is 1. The molecule has 1 saturated heterocycles. The van der Waals surface area contributed by atoms with Crippen molar-refractivity contribution < 1.29 is 9.53 Å². The molecule has 1 aliphatic heterocycles. The Kier molecular flexibility index (Phi) is 10.2. The zero-order valence-electron chi connectivity index (χ0n) is 12.7. The van der Waals surface area contributed by atoms with E-state index < -0.39 is 0 Å². The summed E-state index contributed by atoms with van der Waals surface area (Å²) >= 11 is 0. The van der Waals surface area contributed by atoms with E-state index in [0.717, 1.165) is 26.1 Å². The Morgan fingerprint density at radius 3 is 2.75 bits per heavy atom. The van der Waals surface area contributed by atoms with Crippen LogP contribution < -0.4 is 5.32 Å². The van der Waals surface area contributed by atoms with Gasteiger partial charge in [-0.3, -0.25) is 4.79 Å². The molecular formula is C16H28N2O2. The maximum Gasteiger partial charge on any atom is 0.206 e. The third-order valence-electron chi connectivity index (χ3n) is 3.43. The predicted octanol–water partition coefficient (Wildman–Crippen LogP) is 1.45. The zero-order chi connectivity index (χ0) is 14.5. The summed E-state index contributed by atoms with van der Waals surface area (Å²) in [5.41, 5.74) is 0. The van der Waals surface area contributed by atoms with Gasteiger partial charge in [0.15, 0.2) is 0 Å². The van der Waals surface area contributed by atoms with E-state index in [9.17, 15) is 4.79 Å². The van der Waals surface area contributed by atoms with Crippen LogP contribution in [0.2, 0.25) is 0 Å². The molecule has 0 bridgehead atoms. The first kappa shape index (κ1) is 17.2. The monoisotopic (exact) mass is 280 g/mol. The Balaban J connectivity index is 1.80. The SMILES string of the molecule is CC#CC(=O)CCNCCOCCCN1CCCCC1. The first-order valence-corrected chi connectivity index (χ1v) is 7.79. The fourth-order valence-corrected chi connectivity index (χ4v) is 2.35. The molecule has 0 spiro atoms. The second-order valence-electron chi connectivity index (χ2n) is 5.17. The summed E-state index contributed by atoms with van der Waals surface area (Å²) in [6.45, 7) is 8.40. The number of carbonyl (C=O) groups is 1. The minimum atomic E-state index is 0.00227. The number of hydrogen-bond donors (Lipinski definition) is 1. The quantitative estimate of drug-likeness (QED) is 0.374. The molecule has 1 heterocycles. The van der Waals surface area contributed by atoms with E-state index in [2.05, 4.69) is 22.1 Å². The van der Waals surface area contributed by atoms with Crippen LogP contribution in [0.15, 0.2) is 0 Å². The number of carbonyl (C=O) groups excluding carboxylic acids is 1. The number of rotatable bonds is 10. The highest BCUT2D eigenvalue weighted by Crippen LogP contribution is 2.08. The summed E-state index contributed by atoms with van der Waals surface area (Å²) in [6.07, 6.45) is 5.70. The van der Waals surface area contributed by atoms with Crippen LogP contribution in [0, 0.1) is 11.8 Å². The lowest BCUT2D eigenvalue weighted by molar-refractivity contribution is -0.113. The molecule has 0 radical (unpaired) electrons. The van der Waals surface area contributed by atoms with Gasteiger partial charge in [0.1, 0.15) is 0 Å². The van der Waals surface area contributed by atoms with Gasteiger partial charge in [0.2, 0.25) is 5.78 Å². The third kappa shape index (κ3) is 9.08. The van der Waals surface area contributed by atoms with Gasteiger partial charge in [0, 0.05) is 32.7 Å². The molecule has 0 aromatic carbocycles. The molecule has 1 fully saturated rings. The minimum absolute atomic E-state index is 0.00227. The van der Waals surface area contributed by atoms with E-state index in [1.54, 1.807) is 6.92 Å². The highest BCUT2D eigenvalue weighted by Gasteiger charge is 2.08. The largest absolute Gasteiger partial charge is 0.380 e. The van der Waals surface area contributed by atoms with Gasteiger partial charge in [0.25, 0.3) is 0 Å². The number of Topliss-reactive ketones (excluding diaryl/α,β-unsaturated/α-hetero) is 1. The molecule has 0 aromatic rings. The van der Waals surface area contributed by atoms with E-state index in [4.69, 9.17) is 4.74 Å². The molecule has 1 aliphatic rings. The summed E-state index contributed by atoms with van der Waals surface area (Å²) in [5, 5.41) is 3.19. The molecular weight excluding hydrogens is 252 g/mol. The molecule has 4 heteroatoms. The highest BCUT2D eigenvalue weighted by molar-refractivity contribution is 5.95. The molecule has 0 amide bonds. The summed E-state index contributed by atoms with van der Waals surface area (Å²) in [5.74, 6) is 5.15. The van der Waals surface area contributed by atoms with Gasteiger partial charge in [-0.1, -0.05) is 12.3 Å². The van der Waals surface area contributed by atoms with Gasteiger partial charge in [-0.25, -0.2) is 0 Å². The lowest BCUT2D eigenvalue weighted by Crippen LogP contribution is -2.31. The summed E-state index contributed by atoms with van der Waals surface area (Å²) in [7, 11) is 0. The number of ether oxygens (including phenoxy) is 1. The molecule has 0 atom stereocenters. The van der Waals surface area contributed by atoms with Crippen molar-refractivity contribution in [3.05, 3.63) is 0 Å². The maximum atomic E-state index is 11.1. The van der Waals surface area contributed by atoms with Crippen molar-refractivity contribution in [3.63, 3.8) is 0 Å². The van der Waals surface area contributed by atoms with E-state index in [1.807, 2.05) is 0 Å². The van der Waals surface area contributed by atoms with Crippen molar-refractivity contribution in [2.45, 2.75) is 39.0 Å². The fourth-order valence-electron chi connectivity index (χ4n) is 2.35. The number of likely N-dealkylation sites (tertiary alicyclic amines) is 1. The topological polar surface area (TPSA) is 41.6 Å². The van der Waals surface area contributed by atoms with Gasteiger partial charge in [-0.15, -0.1) is 0 Å². The Morgan fingerprint density at radius 1 is 1.20 bits per heavy atom. The zero-order valence-corrected chi connectivity index (χ0v) is 12.7. The van der Waals surface area contributed by atoms with Gasteiger partial charge in [-0.05, 0) is 45.2 Å². The molecule has 114 valence electrons. The first-order valence-electron chi connectivity index (χ1n) is 7.79. The minimum Gasteiger partial charge on any atom is -0.380 e. The van der Waals surface area contributed by atoms with Crippen molar-refractivity contribution in [2.24, 2.45) is 0 Å². The number of piperidine rings is 1. The second kappa shape index (κ2) is 11.9. The summed E-state index contributed by atoms with van der Waals surface area (Å²) in [4.78, 5) is 13.7. The van der Waals surface area contributed by atoms with Crippen LogP contribution in [0.5, 0.6) is 0 Å². The van der Waals surface area contributed by atoms with Crippen molar-refractivity contribution in [1.29, 1.82) is 0 Å². The van der Waals surface area contributed by atoms with Crippen LogP contribution >= 0.6 is 0 Å². The van der Waals surface area contributed by atoms with Crippen LogP contribution in [-0.2, 0) is 9.53 Å². The lowest BCUT2D eigenvalue weighted by Gasteiger charge is -2.26. The van der Waals surface area contributed by atoms with Crippen LogP contribution in [0.25, 0.3) is 0 Å². The Labute approximate surface area is 123 Å². The van der Waals surface area contributed by atoms with Crippen molar-refractivity contribution in [3.8, 4) is 11.8 Å². The maximum absolute atomic E-state index is 11.1. The molecule has 1 rings (SSSR count). The van der Waals surface area contributed by atoms with E-state index in [1.165, 1.54) is 32.4 Å². The highest BCUT2D eigenvalue weighted by atomic mass is 16.5. The summed E-state index contributed by atoms with van der Waals surface area (Å²) < 4.78 is 5.58. The van der Waals surface area contributed by atoms with Gasteiger partial charge in [0.05, 0.1) is 6.61 Å². The lowest BCUT2D eigenvalue weighted by atomic mass is 10.1. The predicted molar refractivity (Wildman–Crippen MR) is 81.7 cm³/mol. The third-order valence-corrected chi connectivity index (χ3v) is 3.43. The van der Waals surface area contributed by atoms with Crippen molar-refractivity contribution in [2.75, 3.05) is 45.9 Å². The Hall–Kier alpha value is -0.890. The Bertz CT molecular complexity index is 314. The summed E-state index contributed by atoms with van der Waals surface area (Å²) in [6, 6.07) is 0. The second-order valence-corrected chi connectivity index (χ2v) is 5.17. The number of ketones is 1. The van der Waals surface area contributed by atoms with E-state index in [0.29, 0.717) is 19.6 Å². The molecule has 0 unspecified atom stereocenters. The fraction of sp³-hybridized carbons (Fsp3) is 0.812. The first-order chi connectivity index (χ1) is 9.83. The smallest absolute Gasteiger partial charge is 0.206 e. The van der Waals surface area contributed by atoms with Crippen LogP contribution in [-0.4, -0.2) is 56.6 Å². The number of nitrogens with one attached hydrogen (secondary N) is 1. The molecule has 0 aromatic heterocycles. The molecule has 20 heavy (non-hydrogen) atoms. The van der Waals surface area contributed by atoms with Gasteiger partial charge in [-0.2, -0.15) is 0 Å². The average Bonchev–Trinajstić information content (AvgIpc) is 2.47.